The number of piperidine rings is 1. The Morgan fingerprint density at radius 1 is 1.15 bits per heavy atom. The molecule has 3 nitrogen and oxygen atoms in total. The average Bonchev–Trinajstić information content (AvgIpc) is 2.80. The minimum Gasteiger partial charge on any atom is -0.373 e. The Balaban J connectivity index is 1.89. The van der Waals surface area contributed by atoms with Gasteiger partial charge in [-0.25, -0.2) is 0 Å². The van der Waals surface area contributed by atoms with Crippen molar-refractivity contribution in [2.45, 2.75) is 31.3 Å². The topological polar surface area (TPSA) is 18.5 Å². The molecule has 0 unspecified atom stereocenters. The second-order valence-electron chi connectivity index (χ2n) is 7.34. The lowest BCUT2D eigenvalue weighted by molar-refractivity contribution is 0.111. The third kappa shape index (κ3) is 4.40. The van der Waals surface area contributed by atoms with Gasteiger partial charge in [-0.05, 0) is 61.7 Å². The lowest BCUT2D eigenvalue weighted by atomic mass is 9.98. The van der Waals surface area contributed by atoms with E-state index in [9.17, 15) is 0 Å². The zero-order chi connectivity index (χ0) is 18.5. The molecule has 0 saturated carbocycles. The first kappa shape index (κ1) is 19.2. The monoisotopic (exact) mass is 371 g/mol. The van der Waals surface area contributed by atoms with Crippen molar-refractivity contribution in [2.24, 2.45) is 0 Å². The minimum absolute atomic E-state index is 0.455. The first-order valence-electron chi connectivity index (χ1n) is 9.52. The molecule has 2 aliphatic heterocycles. The van der Waals surface area contributed by atoms with Crippen molar-refractivity contribution in [1.82, 2.24) is 15.1 Å². The average molecular weight is 372 g/mol. The molecule has 1 atom stereocenters. The molecule has 3 rings (SSSR count). The molecule has 1 fully saturated rings. The zero-order valence-corrected chi connectivity index (χ0v) is 16.5. The number of nitrogens with zero attached hydrogens (tertiary/aromatic N) is 2. The number of rotatable bonds is 5. The van der Waals surface area contributed by atoms with Crippen LogP contribution in [0.3, 0.4) is 0 Å². The van der Waals surface area contributed by atoms with Gasteiger partial charge in [-0.3, -0.25) is 4.90 Å². The summed E-state index contributed by atoms with van der Waals surface area (Å²) in [5.74, 6) is 0. The van der Waals surface area contributed by atoms with Gasteiger partial charge in [-0.1, -0.05) is 43.0 Å². The standard InChI is InChI=1S/C22H30ClN3/c1-4-18-15-26(20-10-12-24-13-11-20)21(16-25(3)22(18)5-2)14-17-6-8-19(23)9-7-17/h4-9,20-21,24H,1-2,10-16H2,3H3/t21-/m0/s1. The van der Waals surface area contributed by atoms with Gasteiger partial charge in [-0.15, -0.1) is 0 Å². The second kappa shape index (κ2) is 8.90. The highest BCUT2D eigenvalue weighted by Gasteiger charge is 2.32. The number of hydrogen-bond acceptors (Lipinski definition) is 3. The quantitative estimate of drug-likeness (QED) is 0.847. The Bertz CT molecular complexity index is 658. The number of hydrogen-bond donors (Lipinski definition) is 1. The number of allylic oxidation sites excluding steroid dienone is 1. The van der Waals surface area contributed by atoms with Crippen LogP contribution in [0.5, 0.6) is 0 Å². The van der Waals surface area contributed by atoms with Crippen LogP contribution < -0.4 is 5.32 Å². The van der Waals surface area contributed by atoms with Crippen LogP contribution in [0.1, 0.15) is 18.4 Å². The van der Waals surface area contributed by atoms with Crippen LogP contribution in [0.4, 0.5) is 0 Å². The molecule has 0 spiro atoms. The Hall–Kier alpha value is -1.55. The summed E-state index contributed by atoms with van der Waals surface area (Å²) in [6.45, 7) is 12.3. The number of likely N-dealkylation sites (N-methyl/N-ethyl adjacent to an activating group) is 1. The van der Waals surface area contributed by atoms with Gasteiger partial charge in [0.25, 0.3) is 0 Å². The zero-order valence-electron chi connectivity index (χ0n) is 15.8. The highest BCUT2D eigenvalue weighted by Crippen LogP contribution is 2.27. The van der Waals surface area contributed by atoms with Crippen LogP contribution in [0.25, 0.3) is 0 Å². The summed E-state index contributed by atoms with van der Waals surface area (Å²) in [6.07, 6.45) is 7.41. The summed E-state index contributed by atoms with van der Waals surface area (Å²) in [5, 5.41) is 4.29. The molecular formula is C22H30ClN3. The van der Waals surface area contributed by atoms with Gasteiger partial charge in [0.05, 0.1) is 0 Å². The van der Waals surface area contributed by atoms with Gasteiger partial charge in [0.1, 0.15) is 0 Å². The molecule has 0 aliphatic carbocycles. The van der Waals surface area contributed by atoms with Crippen molar-refractivity contribution in [1.29, 1.82) is 0 Å². The van der Waals surface area contributed by atoms with Crippen LogP contribution in [0.2, 0.25) is 5.02 Å². The van der Waals surface area contributed by atoms with E-state index in [1.807, 2.05) is 24.3 Å². The Morgan fingerprint density at radius 2 is 1.85 bits per heavy atom. The van der Waals surface area contributed by atoms with Gasteiger partial charge >= 0.3 is 0 Å². The van der Waals surface area contributed by atoms with Crippen LogP contribution in [0.15, 0.2) is 60.8 Å². The van der Waals surface area contributed by atoms with E-state index in [0.717, 1.165) is 37.6 Å². The van der Waals surface area contributed by atoms with Gasteiger partial charge in [0, 0.05) is 42.9 Å². The molecule has 1 N–H and O–H groups in total. The minimum atomic E-state index is 0.455. The van der Waals surface area contributed by atoms with Crippen LogP contribution in [0, 0.1) is 0 Å². The summed E-state index contributed by atoms with van der Waals surface area (Å²) in [5.41, 5.74) is 3.83. The first-order chi connectivity index (χ1) is 12.6. The smallest absolute Gasteiger partial charge is 0.0406 e. The van der Waals surface area contributed by atoms with Crippen molar-refractivity contribution >= 4 is 11.6 Å². The number of halogens is 1. The van der Waals surface area contributed by atoms with Gasteiger partial charge in [0.2, 0.25) is 0 Å². The molecule has 26 heavy (non-hydrogen) atoms. The normalized spacial score (nSPS) is 23.0. The molecule has 0 amide bonds. The fourth-order valence-corrected chi connectivity index (χ4v) is 4.39. The van der Waals surface area contributed by atoms with E-state index in [4.69, 9.17) is 11.6 Å². The van der Waals surface area contributed by atoms with Crippen molar-refractivity contribution in [2.75, 3.05) is 33.2 Å². The van der Waals surface area contributed by atoms with E-state index in [1.165, 1.54) is 29.7 Å². The fourth-order valence-electron chi connectivity index (χ4n) is 4.27. The Kier molecular flexibility index (Phi) is 6.58. The van der Waals surface area contributed by atoms with E-state index in [2.05, 4.69) is 47.5 Å². The maximum Gasteiger partial charge on any atom is 0.0406 e. The van der Waals surface area contributed by atoms with E-state index in [0.29, 0.717) is 12.1 Å². The molecule has 0 aromatic heterocycles. The lowest BCUT2D eigenvalue weighted by Gasteiger charge is -2.40. The lowest BCUT2D eigenvalue weighted by Crippen LogP contribution is -2.51. The molecule has 1 aromatic rings. The molecule has 140 valence electrons. The van der Waals surface area contributed by atoms with Crippen molar-refractivity contribution < 1.29 is 0 Å². The molecule has 1 saturated heterocycles. The molecule has 1 aromatic carbocycles. The van der Waals surface area contributed by atoms with Gasteiger partial charge < -0.3 is 10.2 Å². The highest BCUT2D eigenvalue weighted by molar-refractivity contribution is 6.30. The fraction of sp³-hybridized carbons (Fsp3) is 0.455. The van der Waals surface area contributed by atoms with E-state index < -0.39 is 0 Å². The second-order valence-corrected chi connectivity index (χ2v) is 7.77. The Labute approximate surface area is 163 Å². The summed E-state index contributed by atoms with van der Waals surface area (Å²) < 4.78 is 0. The van der Waals surface area contributed by atoms with Crippen LogP contribution in [-0.2, 0) is 6.42 Å². The van der Waals surface area contributed by atoms with Crippen molar-refractivity contribution in [3.63, 3.8) is 0 Å². The van der Waals surface area contributed by atoms with E-state index >= 15 is 0 Å². The maximum absolute atomic E-state index is 6.08. The molecule has 2 aliphatic rings. The summed E-state index contributed by atoms with van der Waals surface area (Å²) >= 11 is 6.08. The molecule has 0 radical (unpaired) electrons. The van der Waals surface area contributed by atoms with Crippen LogP contribution in [-0.4, -0.2) is 55.1 Å². The van der Waals surface area contributed by atoms with Crippen molar-refractivity contribution in [3.8, 4) is 0 Å². The SMILES string of the molecule is C=CC1=C(C=C)N(C)C[C@H](Cc2ccc(Cl)cc2)N(C2CCNCC2)C1. The van der Waals surface area contributed by atoms with E-state index in [1.54, 1.807) is 0 Å². The third-order valence-electron chi connectivity index (χ3n) is 5.65. The number of benzene rings is 1. The van der Waals surface area contributed by atoms with E-state index in [-0.39, 0.29) is 0 Å². The summed E-state index contributed by atoms with van der Waals surface area (Å²) in [6, 6.07) is 9.37. The molecule has 0 bridgehead atoms. The number of nitrogens with one attached hydrogen (secondary N) is 1. The maximum atomic E-state index is 6.08. The summed E-state index contributed by atoms with van der Waals surface area (Å²) in [7, 11) is 2.17. The first-order valence-corrected chi connectivity index (χ1v) is 9.90. The van der Waals surface area contributed by atoms with Gasteiger partial charge in [0.15, 0.2) is 0 Å². The predicted octanol–water partition coefficient (Wildman–Crippen LogP) is 3.88. The van der Waals surface area contributed by atoms with Crippen LogP contribution >= 0.6 is 11.6 Å². The molecule has 4 heteroatoms. The highest BCUT2D eigenvalue weighted by atomic mass is 35.5. The molecular weight excluding hydrogens is 342 g/mol. The van der Waals surface area contributed by atoms with Crippen molar-refractivity contribution in [3.05, 3.63) is 71.4 Å². The Morgan fingerprint density at radius 3 is 2.46 bits per heavy atom. The predicted molar refractivity (Wildman–Crippen MR) is 112 cm³/mol. The molecule has 2 heterocycles. The summed E-state index contributed by atoms with van der Waals surface area (Å²) in [4.78, 5) is 5.05. The largest absolute Gasteiger partial charge is 0.373 e. The third-order valence-corrected chi connectivity index (χ3v) is 5.90. The van der Waals surface area contributed by atoms with Gasteiger partial charge in [-0.2, -0.15) is 0 Å².